The van der Waals surface area contributed by atoms with E-state index in [2.05, 4.69) is 15.4 Å². The average Bonchev–Trinajstić information content (AvgIpc) is 2.35. The van der Waals surface area contributed by atoms with E-state index in [0.717, 1.165) is 12.1 Å². The quantitative estimate of drug-likeness (QED) is 0.776. The maximum absolute atomic E-state index is 12.0. The van der Waals surface area contributed by atoms with Crippen LogP contribution in [0.25, 0.3) is 0 Å². The molecule has 0 saturated carbocycles. The number of nitrogens with one attached hydrogen (secondary N) is 2. The van der Waals surface area contributed by atoms with E-state index in [1.54, 1.807) is 6.92 Å². The third kappa shape index (κ3) is 5.79. The van der Waals surface area contributed by atoms with Gasteiger partial charge in [-0.3, -0.25) is 0 Å². The first-order valence-electron chi connectivity index (χ1n) is 5.87. The van der Waals surface area contributed by atoms with E-state index < -0.39 is 18.5 Å². The molecule has 1 aromatic rings. The van der Waals surface area contributed by atoms with Crippen molar-refractivity contribution in [3.63, 3.8) is 0 Å². The fourth-order valence-electron chi connectivity index (χ4n) is 1.42. The SMILES string of the molecule is CCNC(=O)NC[C@H](O)c1ccc(OC(F)(F)F)cc1. The number of alkyl halides is 3. The Morgan fingerprint density at radius 3 is 2.40 bits per heavy atom. The molecule has 0 spiro atoms. The lowest BCUT2D eigenvalue weighted by molar-refractivity contribution is -0.274. The number of ether oxygens (including phenoxy) is 1. The van der Waals surface area contributed by atoms with Gasteiger partial charge in [0.25, 0.3) is 0 Å². The zero-order valence-corrected chi connectivity index (χ0v) is 10.7. The molecule has 112 valence electrons. The van der Waals surface area contributed by atoms with E-state index in [1.165, 1.54) is 12.1 Å². The van der Waals surface area contributed by atoms with Crippen molar-refractivity contribution in [3.8, 4) is 5.75 Å². The van der Waals surface area contributed by atoms with Crippen molar-refractivity contribution < 1.29 is 27.8 Å². The van der Waals surface area contributed by atoms with Gasteiger partial charge in [0.15, 0.2) is 0 Å². The Hall–Kier alpha value is -1.96. The first-order chi connectivity index (χ1) is 9.31. The first-order valence-corrected chi connectivity index (χ1v) is 5.87. The zero-order chi connectivity index (χ0) is 15.2. The monoisotopic (exact) mass is 292 g/mol. The molecule has 8 heteroatoms. The molecule has 0 bridgehead atoms. The smallest absolute Gasteiger partial charge is 0.406 e. The zero-order valence-electron chi connectivity index (χ0n) is 10.7. The van der Waals surface area contributed by atoms with Crippen molar-refractivity contribution in [2.24, 2.45) is 0 Å². The Balaban J connectivity index is 2.53. The maximum Gasteiger partial charge on any atom is 0.573 e. The average molecular weight is 292 g/mol. The molecule has 1 rings (SSSR count). The van der Waals surface area contributed by atoms with Gasteiger partial charge in [-0.25, -0.2) is 4.79 Å². The van der Waals surface area contributed by atoms with Crippen molar-refractivity contribution >= 4 is 6.03 Å². The fourth-order valence-corrected chi connectivity index (χ4v) is 1.42. The van der Waals surface area contributed by atoms with Crippen LogP contribution in [0.4, 0.5) is 18.0 Å². The van der Waals surface area contributed by atoms with Crippen molar-refractivity contribution in [2.45, 2.75) is 19.4 Å². The van der Waals surface area contributed by atoms with Gasteiger partial charge in [-0.1, -0.05) is 12.1 Å². The van der Waals surface area contributed by atoms with E-state index in [1.807, 2.05) is 0 Å². The molecule has 2 amide bonds. The van der Waals surface area contributed by atoms with Crippen LogP contribution in [-0.2, 0) is 0 Å². The predicted octanol–water partition coefficient (Wildman–Crippen LogP) is 1.94. The van der Waals surface area contributed by atoms with Crippen molar-refractivity contribution in [1.82, 2.24) is 10.6 Å². The second-order valence-corrected chi connectivity index (χ2v) is 3.87. The van der Waals surface area contributed by atoms with Gasteiger partial charge in [-0.05, 0) is 24.6 Å². The highest BCUT2D eigenvalue weighted by Crippen LogP contribution is 2.24. The molecule has 0 aromatic heterocycles. The number of carbonyl (C=O) groups is 1. The summed E-state index contributed by atoms with van der Waals surface area (Å²) in [6.07, 6.45) is -5.77. The highest BCUT2D eigenvalue weighted by atomic mass is 19.4. The second kappa shape index (κ2) is 6.99. The normalized spacial score (nSPS) is 12.7. The Morgan fingerprint density at radius 2 is 1.90 bits per heavy atom. The number of carbonyl (C=O) groups excluding carboxylic acids is 1. The van der Waals surface area contributed by atoms with Gasteiger partial charge in [0, 0.05) is 13.1 Å². The summed E-state index contributed by atoms with van der Waals surface area (Å²) in [5.41, 5.74) is 0.372. The lowest BCUT2D eigenvalue weighted by Gasteiger charge is -2.14. The summed E-state index contributed by atoms with van der Waals surface area (Å²) in [6, 6.07) is 4.36. The summed E-state index contributed by atoms with van der Waals surface area (Å²) in [5, 5.41) is 14.7. The summed E-state index contributed by atoms with van der Waals surface area (Å²) in [5.74, 6) is -0.370. The minimum Gasteiger partial charge on any atom is -0.406 e. The predicted molar refractivity (Wildman–Crippen MR) is 65.2 cm³/mol. The second-order valence-electron chi connectivity index (χ2n) is 3.87. The van der Waals surface area contributed by atoms with Crippen LogP contribution in [-0.4, -0.2) is 30.6 Å². The molecule has 1 atom stereocenters. The van der Waals surface area contributed by atoms with Crippen LogP contribution in [0.1, 0.15) is 18.6 Å². The Bertz CT molecular complexity index is 435. The van der Waals surface area contributed by atoms with Gasteiger partial charge in [0.05, 0.1) is 6.10 Å². The number of hydrogen-bond donors (Lipinski definition) is 3. The molecule has 0 aliphatic carbocycles. The molecule has 5 nitrogen and oxygen atoms in total. The molecular weight excluding hydrogens is 277 g/mol. The number of aliphatic hydroxyl groups is 1. The maximum atomic E-state index is 12.0. The Labute approximate surface area is 113 Å². The van der Waals surface area contributed by atoms with E-state index in [9.17, 15) is 23.1 Å². The van der Waals surface area contributed by atoms with E-state index in [4.69, 9.17) is 0 Å². The molecule has 0 aliphatic rings. The van der Waals surface area contributed by atoms with Crippen LogP contribution >= 0.6 is 0 Å². The molecule has 20 heavy (non-hydrogen) atoms. The number of rotatable bonds is 5. The third-order valence-electron chi connectivity index (χ3n) is 2.29. The summed E-state index contributed by atoms with van der Waals surface area (Å²) < 4.78 is 39.6. The van der Waals surface area contributed by atoms with Gasteiger partial charge in [0.1, 0.15) is 5.75 Å². The van der Waals surface area contributed by atoms with Crippen LogP contribution in [0.5, 0.6) is 5.75 Å². The van der Waals surface area contributed by atoms with Gasteiger partial charge < -0.3 is 20.5 Å². The van der Waals surface area contributed by atoms with Gasteiger partial charge in [-0.15, -0.1) is 13.2 Å². The van der Waals surface area contributed by atoms with Crippen molar-refractivity contribution in [1.29, 1.82) is 0 Å². The van der Waals surface area contributed by atoms with Crippen LogP contribution in [0.15, 0.2) is 24.3 Å². The molecule has 0 aliphatic heterocycles. The van der Waals surface area contributed by atoms with Crippen LogP contribution in [0.2, 0.25) is 0 Å². The van der Waals surface area contributed by atoms with Crippen LogP contribution < -0.4 is 15.4 Å². The number of amides is 2. The largest absolute Gasteiger partial charge is 0.573 e. The summed E-state index contributed by atoms with van der Waals surface area (Å²) >= 11 is 0. The topological polar surface area (TPSA) is 70.6 Å². The summed E-state index contributed by atoms with van der Waals surface area (Å²) in [7, 11) is 0. The third-order valence-corrected chi connectivity index (χ3v) is 2.29. The highest BCUT2D eigenvalue weighted by Gasteiger charge is 2.31. The lowest BCUT2D eigenvalue weighted by Crippen LogP contribution is -2.37. The molecule has 0 radical (unpaired) electrons. The minimum absolute atomic E-state index is 0.0503. The number of benzene rings is 1. The van der Waals surface area contributed by atoms with Crippen molar-refractivity contribution in [3.05, 3.63) is 29.8 Å². The van der Waals surface area contributed by atoms with E-state index >= 15 is 0 Å². The Morgan fingerprint density at radius 1 is 1.30 bits per heavy atom. The van der Waals surface area contributed by atoms with Gasteiger partial charge in [0.2, 0.25) is 0 Å². The van der Waals surface area contributed by atoms with Crippen LogP contribution in [0, 0.1) is 0 Å². The molecule has 0 heterocycles. The minimum atomic E-state index is -4.75. The molecule has 1 aromatic carbocycles. The molecule has 0 unspecified atom stereocenters. The van der Waals surface area contributed by atoms with Crippen LogP contribution in [0.3, 0.4) is 0 Å². The number of aliphatic hydroxyl groups excluding tert-OH is 1. The fraction of sp³-hybridized carbons (Fsp3) is 0.417. The summed E-state index contributed by atoms with van der Waals surface area (Å²) in [4.78, 5) is 11.1. The molecule has 0 saturated heterocycles. The standard InChI is InChI=1S/C12H15F3N2O3/c1-2-16-11(19)17-7-10(18)8-3-5-9(6-4-8)20-12(13,14)15/h3-6,10,18H,2,7H2,1H3,(H2,16,17,19)/t10-/m0/s1. The Kier molecular flexibility index (Phi) is 5.63. The molecule has 3 N–H and O–H groups in total. The first kappa shape index (κ1) is 16.1. The van der Waals surface area contributed by atoms with Crippen molar-refractivity contribution in [2.75, 3.05) is 13.1 Å². The van der Waals surface area contributed by atoms with E-state index in [0.29, 0.717) is 12.1 Å². The van der Waals surface area contributed by atoms with Gasteiger partial charge in [-0.2, -0.15) is 0 Å². The summed E-state index contributed by atoms with van der Waals surface area (Å²) in [6.45, 7) is 2.14. The number of halogens is 3. The molecular formula is C12H15F3N2O3. The molecule has 0 fully saturated rings. The van der Waals surface area contributed by atoms with E-state index in [-0.39, 0.29) is 12.3 Å². The number of urea groups is 1. The van der Waals surface area contributed by atoms with Gasteiger partial charge >= 0.3 is 12.4 Å². The lowest BCUT2D eigenvalue weighted by atomic mass is 10.1. The number of hydrogen-bond acceptors (Lipinski definition) is 3. The highest BCUT2D eigenvalue weighted by molar-refractivity contribution is 5.73.